The number of ether oxygens (including phenoxy) is 2. The van der Waals surface area contributed by atoms with E-state index in [1.54, 1.807) is 24.1 Å². The van der Waals surface area contributed by atoms with Crippen LogP contribution in [0.1, 0.15) is 18.4 Å². The first kappa shape index (κ1) is 18.9. The van der Waals surface area contributed by atoms with Crippen molar-refractivity contribution in [2.75, 3.05) is 38.3 Å². The van der Waals surface area contributed by atoms with Gasteiger partial charge in [0.15, 0.2) is 0 Å². The van der Waals surface area contributed by atoms with Crippen molar-refractivity contribution >= 4 is 11.6 Å². The molecule has 0 aromatic heterocycles. The molecular formula is C22H25FN2O3. The standard InChI is InChI=1S/C22H25FN2O3/c1-27-20-9-3-2-6-17(20)13-24-11-5-10-22(15-24)16-25(21(26)14-28-22)19-8-4-7-18(23)12-19/h2-4,6-9,12H,5,10-11,13-16H2,1H3. The van der Waals surface area contributed by atoms with Crippen LogP contribution in [-0.4, -0.2) is 49.8 Å². The maximum Gasteiger partial charge on any atom is 0.253 e. The zero-order chi connectivity index (χ0) is 19.6. The lowest BCUT2D eigenvalue weighted by Crippen LogP contribution is -2.61. The molecular weight excluding hydrogens is 359 g/mol. The third kappa shape index (κ3) is 3.88. The van der Waals surface area contributed by atoms with Gasteiger partial charge >= 0.3 is 0 Å². The molecule has 2 fully saturated rings. The van der Waals surface area contributed by atoms with Crippen LogP contribution < -0.4 is 9.64 Å². The number of para-hydroxylation sites is 1. The number of hydrogen-bond donors (Lipinski definition) is 0. The number of likely N-dealkylation sites (tertiary alicyclic amines) is 1. The fourth-order valence-corrected chi connectivity index (χ4v) is 4.24. The molecule has 1 atom stereocenters. The van der Waals surface area contributed by atoms with Crippen molar-refractivity contribution in [3.05, 3.63) is 59.9 Å². The van der Waals surface area contributed by atoms with Gasteiger partial charge in [0.25, 0.3) is 5.91 Å². The Kier molecular flexibility index (Phi) is 5.33. The minimum Gasteiger partial charge on any atom is -0.496 e. The highest BCUT2D eigenvalue weighted by Crippen LogP contribution is 2.33. The molecule has 0 N–H and O–H groups in total. The van der Waals surface area contributed by atoms with Crippen LogP contribution in [0.4, 0.5) is 10.1 Å². The molecule has 5 nitrogen and oxygen atoms in total. The first-order chi connectivity index (χ1) is 13.6. The van der Waals surface area contributed by atoms with Crippen LogP contribution in [0, 0.1) is 5.82 Å². The molecule has 1 unspecified atom stereocenters. The number of hydrogen-bond acceptors (Lipinski definition) is 4. The quantitative estimate of drug-likeness (QED) is 0.812. The van der Waals surface area contributed by atoms with Crippen molar-refractivity contribution in [1.29, 1.82) is 0 Å². The van der Waals surface area contributed by atoms with Gasteiger partial charge in [0, 0.05) is 24.3 Å². The zero-order valence-electron chi connectivity index (χ0n) is 16.1. The third-order valence-electron chi connectivity index (χ3n) is 5.57. The molecule has 2 aromatic rings. The summed E-state index contributed by atoms with van der Waals surface area (Å²) in [7, 11) is 1.68. The van der Waals surface area contributed by atoms with Crippen LogP contribution in [0.5, 0.6) is 5.75 Å². The highest BCUT2D eigenvalue weighted by molar-refractivity contribution is 5.95. The molecule has 4 rings (SSSR count). The summed E-state index contributed by atoms with van der Waals surface area (Å²) in [5, 5.41) is 0. The average Bonchev–Trinajstić information content (AvgIpc) is 2.71. The van der Waals surface area contributed by atoms with Crippen molar-refractivity contribution < 1.29 is 18.7 Å². The maximum atomic E-state index is 13.7. The van der Waals surface area contributed by atoms with Gasteiger partial charge in [-0.25, -0.2) is 4.39 Å². The summed E-state index contributed by atoms with van der Waals surface area (Å²) in [5.74, 6) is 0.411. The Morgan fingerprint density at radius 2 is 2.04 bits per heavy atom. The van der Waals surface area contributed by atoms with E-state index in [0.717, 1.165) is 43.8 Å². The van der Waals surface area contributed by atoms with Gasteiger partial charge in [-0.05, 0) is 43.7 Å². The van der Waals surface area contributed by atoms with E-state index < -0.39 is 5.60 Å². The predicted molar refractivity (Wildman–Crippen MR) is 105 cm³/mol. The van der Waals surface area contributed by atoms with Gasteiger partial charge in [0.2, 0.25) is 0 Å². The number of anilines is 1. The summed E-state index contributed by atoms with van der Waals surface area (Å²) in [4.78, 5) is 16.5. The van der Waals surface area contributed by atoms with Crippen LogP contribution in [0.2, 0.25) is 0 Å². The number of nitrogens with zero attached hydrogens (tertiary/aromatic N) is 2. The smallest absolute Gasteiger partial charge is 0.253 e. The SMILES string of the molecule is COc1ccccc1CN1CCCC2(C1)CN(c1cccc(F)c1)C(=O)CO2. The Morgan fingerprint density at radius 1 is 1.18 bits per heavy atom. The lowest BCUT2D eigenvalue weighted by molar-refractivity contribution is -0.146. The first-order valence-corrected chi connectivity index (χ1v) is 9.63. The van der Waals surface area contributed by atoms with Crippen molar-refractivity contribution in [3.8, 4) is 5.75 Å². The van der Waals surface area contributed by atoms with E-state index in [1.807, 2.05) is 18.2 Å². The van der Waals surface area contributed by atoms with Crippen molar-refractivity contribution in [1.82, 2.24) is 4.90 Å². The van der Waals surface area contributed by atoms with Gasteiger partial charge in [-0.2, -0.15) is 0 Å². The topological polar surface area (TPSA) is 42.0 Å². The lowest BCUT2D eigenvalue weighted by atomic mass is 9.90. The number of rotatable bonds is 4. The average molecular weight is 384 g/mol. The van der Waals surface area contributed by atoms with Crippen LogP contribution in [-0.2, 0) is 16.1 Å². The summed E-state index contributed by atoms with van der Waals surface area (Å²) < 4.78 is 25.2. The Labute approximate surface area is 164 Å². The highest BCUT2D eigenvalue weighted by atomic mass is 19.1. The minimum absolute atomic E-state index is 0.0268. The van der Waals surface area contributed by atoms with Crippen LogP contribution >= 0.6 is 0 Å². The molecule has 6 heteroatoms. The largest absolute Gasteiger partial charge is 0.496 e. The molecule has 1 amide bonds. The number of amides is 1. The molecule has 2 aromatic carbocycles. The molecule has 2 aliphatic heterocycles. The summed E-state index contributed by atoms with van der Waals surface area (Å²) in [5.41, 5.74) is 1.30. The van der Waals surface area contributed by atoms with E-state index in [0.29, 0.717) is 12.2 Å². The summed E-state index contributed by atoms with van der Waals surface area (Å²) in [6, 6.07) is 14.2. The summed E-state index contributed by atoms with van der Waals surface area (Å²) in [6.07, 6.45) is 1.87. The number of methoxy groups -OCH3 is 1. The first-order valence-electron chi connectivity index (χ1n) is 9.63. The van der Waals surface area contributed by atoms with Crippen molar-refractivity contribution in [3.63, 3.8) is 0 Å². The van der Waals surface area contributed by atoms with Gasteiger partial charge in [0.1, 0.15) is 18.2 Å². The highest BCUT2D eigenvalue weighted by Gasteiger charge is 2.43. The van der Waals surface area contributed by atoms with E-state index in [2.05, 4.69) is 11.0 Å². The molecule has 1 spiro atoms. The van der Waals surface area contributed by atoms with E-state index >= 15 is 0 Å². The number of carbonyl (C=O) groups is 1. The van der Waals surface area contributed by atoms with E-state index in [-0.39, 0.29) is 18.3 Å². The van der Waals surface area contributed by atoms with Crippen LogP contribution in [0.25, 0.3) is 0 Å². The Bertz CT molecular complexity index is 859. The second kappa shape index (κ2) is 7.89. The molecule has 2 heterocycles. The number of benzene rings is 2. The Balaban J connectivity index is 1.51. The summed E-state index contributed by atoms with van der Waals surface area (Å²) in [6.45, 7) is 2.93. The molecule has 2 aliphatic rings. The lowest BCUT2D eigenvalue weighted by Gasteiger charge is -2.47. The zero-order valence-corrected chi connectivity index (χ0v) is 16.1. The normalized spacial score (nSPS) is 23.2. The van der Waals surface area contributed by atoms with Crippen LogP contribution in [0.15, 0.2) is 48.5 Å². The van der Waals surface area contributed by atoms with Crippen molar-refractivity contribution in [2.45, 2.75) is 25.0 Å². The number of carbonyl (C=O) groups excluding carboxylic acids is 1. The van der Waals surface area contributed by atoms with E-state index in [4.69, 9.17) is 9.47 Å². The second-order valence-corrected chi connectivity index (χ2v) is 7.56. The van der Waals surface area contributed by atoms with E-state index in [9.17, 15) is 9.18 Å². The maximum absolute atomic E-state index is 13.7. The number of piperidine rings is 1. The third-order valence-corrected chi connectivity index (χ3v) is 5.57. The molecule has 0 bridgehead atoms. The van der Waals surface area contributed by atoms with E-state index in [1.165, 1.54) is 12.1 Å². The Morgan fingerprint density at radius 3 is 2.86 bits per heavy atom. The Hall–Kier alpha value is -2.44. The molecule has 2 saturated heterocycles. The van der Waals surface area contributed by atoms with Gasteiger partial charge < -0.3 is 14.4 Å². The fraction of sp³-hybridized carbons (Fsp3) is 0.409. The monoisotopic (exact) mass is 384 g/mol. The second-order valence-electron chi connectivity index (χ2n) is 7.56. The van der Waals surface area contributed by atoms with Gasteiger partial charge in [-0.15, -0.1) is 0 Å². The van der Waals surface area contributed by atoms with Gasteiger partial charge in [-0.3, -0.25) is 9.69 Å². The van der Waals surface area contributed by atoms with Crippen LogP contribution in [0.3, 0.4) is 0 Å². The molecule has 28 heavy (non-hydrogen) atoms. The molecule has 0 radical (unpaired) electrons. The molecule has 148 valence electrons. The van der Waals surface area contributed by atoms with Gasteiger partial charge in [-0.1, -0.05) is 24.3 Å². The number of morpholine rings is 1. The molecule has 0 saturated carbocycles. The van der Waals surface area contributed by atoms with Gasteiger partial charge in [0.05, 0.1) is 19.3 Å². The molecule has 0 aliphatic carbocycles. The van der Waals surface area contributed by atoms with Crippen molar-refractivity contribution in [2.24, 2.45) is 0 Å². The number of halogens is 1. The minimum atomic E-state index is -0.430. The fourth-order valence-electron chi connectivity index (χ4n) is 4.24. The summed E-state index contributed by atoms with van der Waals surface area (Å²) >= 11 is 0. The predicted octanol–water partition coefficient (Wildman–Crippen LogP) is 3.23.